The maximum Gasteiger partial charge on any atom is 0.268 e. The van der Waals surface area contributed by atoms with Crippen LogP contribution in [-0.2, 0) is 9.53 Å². The zero-order chi connectivity index (χ0) is 17.4. The molecule has 0 saturated heterocycles. The van der Waals surface area contributed by atoms with Crippen LogP contribution in [0.3, 0.4) is 0 Å². The molecule has 0 fully saturated rings. The van der Waals surface area contributed by atoms with Gasteiger partial charge in [0.05, 0.1) is 13.7 Å². The maximum atomic E-state index is 12.5. The number of ether oxygens (including phenoxy) is 2. The third-order valence-corrected chi connectivity index (χ3v) is 3.33. The number of hydrogen-bond acceptors (Lipinski definition) is 4. The van der Waals surface area contributed by atoms with Gasteiger partial charge in [-0.15, -0.1) is 0 Å². The molecule has 0 saturated carbocycles. The van der Waals surface area contributed by atoms with Crippen molar-refractivity contribution in [3.63, 3.8) is 0 Å². The number of pyridine rings is 1. The molecule has 0 radical (unpaired) electrons. The number of carbonyl (C=O) groups is 1. The van der Waals surface area contributed by atoms with Crippen molar-refractivity contribution in [2.45, 2.75) is 0 Å². The summed E-state index contributed by atoms with van der Waals surface area (Å²) >= 11 is 0. The van der Waals surface area contributed by atoms with E-state index >= 15 is 0 Å². The predicted molar refractivity (Wildman–Crippen MR) is 92.7 cm³/mol. The van der Waals surface area contributed by atoms with E-state index in [0.717, 1.165) is 11.3 Å². The van der Waals surface area contributed by atoms with E-state index in [1.54, 1.807) is 50.8 Å². The van der Waals surface area contributed by atoms with E-state index in [2.05, 4.69) is 5.32 Å². The molecule has 0 aliphatic heterocycles. The van der Waals surface area contributed by atoms with E-state index in [4.69, 9.17) is 9.47 Å². The number of benzene rings is 1. The van der Waals surface area contributed by atoms with Gasteiger partial charge in [0.25, 0.3) is 11.5 Å². The zero-order valence-corrected chi connectivity index (χ0v) is 13.7. The number of carbonyl (C=O) groups excluding carboxylic acids is 1. The van der Waals surface area contributed by atoms with Crippen LogP contribution in [0, 0.1) is 0 Å². The standard InChI is InChI=1S/C18H20N2O4/c1-23-12-10-19-18(22)16(20-11-4-3-5-17(20)21)13-14-6-8-15(24-2)9-7-14/h3-9,11,13H,10,12H2,1-2H3,(H,19,22). The average molecular weight is 328 g/mol. The zero-order valence-electron chi connectivity index (χ0n) is 13.7. The second-order valence-electron chi connectivity index (χ2n) is 4.96. The third-order valence-electron chi connectivity index (χ3n) is 3.33. The van der Waals surface area contributed by atoms with E-state index < -0.39 is 0 Å². The van der Waals surface area contributed by atoms with Gasteiger partial charge in [0.2, 0.25) is 0 Å². The molecule has 1 amide bonds. The van der Waals surface area contributed by atoms with Crippen LogP contribution >= 0.6 is 0 Å². The molecule has 2 aromatic rings. The molecule has 6 nitrogen and oxygen atoms in total. The highest BCUT2D eigenvalue weighted by molar-refractivity contribution is 6.18. The summed E-state index contributed by atoms with van der Waals surface area (Å²) in [6, 6.07) is 12.0. The van der Waals surface area contributed by atoms with Crippen molar-refractivity contribution >= 4 is 17.7 Å². The summed E-state index contributed by atoms with van der Waals surface area (Å²) in [5.41, 5.74) is 0.740. The van der Waals surface area contributed by atoms with Crippen molar-refractivity contribution in [3.8, 4) is 5.75 Å². The number of amides is 1. The summed E-state index contributed by atoms with van der Waals surface area (Å²) in [4.78, 5) is 24.6. The van der Waals surface area contributed by atoms with Gasteiger partial charge in [0, 0.05) is 25.9 Å². The van der Waals surface area contributed by atoms with Crippen LogP contribution in [0.25, 0.3) is 11.8 Å². The Morgan fingerprint density at radius 3 is 2.54 bits per heavy atom. The number of hydrogen-bond donors (Lipinski definition) is 1. The molecule has 0 atom stereocenters. The second kappa shape index (κ2) is 8.69. The highest BCUT2D eigenvalue weighted by Crippen LogP contribution is 2.15. The largest absolute Gasteiger partial charge is 0.497 e. The highest BCUT2D eigenvalue weighted by Gasteiger charge is 2.12. The average Bonchev–Trinajstić information content (AvgIpc) is 2.61. The Hall–Kier alpha value is -2.86. The van der Waals surface area contributed by atoms with Gasteiger partial charge in [-0.2, -0.15) is 0 Å². The van der Waals surface area contributed by atoms with E-state index in [9.17, 15) is 9.59 Å². The number of rotatable bonds is 7. The molecular weight excluding hydrogens is 308 g/mol. The van der Waals surface area contributed by atoms with Gasteiger partial charge in [-0.1, -0.05) is 18.2 Å². The number of nitrogens with one attached hydrogen (secondary N) is 1. The van der Waals surface area contributed by atoms with Crippen LogP contribution < -0.4 is 15.6 Å². The van der Waals surface area contributed by atoms with Crippen LogP contribution in [0.4, 0.5) is 0 Å². The quantitative estimate of drug-likeness (QED) is 0.619. The third kappa shape index (κ3) is 4.57. The topological polar surface area (TPSA) is 69.6 Å². The lowest BCUT2D eigenvalue weighted by atomic mass is 10.1. The lowest BCUT2D eigenvalue weighted by Gasteiger charge is -2.11. The van der Waals surface area contributed by atoms with Crippen LogP contribution in [0.15, 0.2) is 53.5 Å². The molecule has 2 rings (SSSR count). The molecule has 1 aromatic carbocycles. The van der Waals surface area contributed by atoms with Crippen molar-refractivity contribution in [2.75, 3.05) is 27.4 Å². The molecule has 0 aliphatic rings. The smallest absolute Gasteiger partial charge is 0.268 e. The van der Waals surface area contributed by atoms with Gasteiger partial charge < -0.3 is 14.8 Å². The molecular formula is C18H20N2O4. The molecule has 6 heteroatoms. The van der Waals surface area contributed by atoms with Crippen molar-refractivity contribution < 1.29 is 14.3 Å². The maximum absolute atomic E-state index is 12.5. The Labute approximate surface area is 140 Å². The molecule has 126 valence electrons. The molecule has 1 heterocycles. The normalized spacial score (nSPS) is 11.2. The summed E-state index contributed by atoms with van der Waals surface area (Å²) in [5.74, 6) is 0.367. The first-order valence-corrected chi connectivity index (χ1v) is 7.46. The number of methoxy groups -OCH3 is 2. The fraction of sp³-hybridized carbons (Fsp3) is 0.222. The Kier molecular flexibility index (Phi) is 6.33. The first kappa shape index (κ1) is 17.5. The van der Waals surface area contributed by atoms with E-state index in [1.165, 1.54) is 10.6 Å². The molecule has 0 bridgehead atoms. The molecule has 0 unspecified atom stereocenters. The lowest BCUT2D eigenvalue weighted by molar-refractivity contribution is -0.116. The van der Waals surface area contributed by atoms with Crippen molar-refractivity contribution in [2.24, 2.45) is 0 Å². The molecule has 1 aromatic heterocycles. The lowest BCUT2D eigenvalue weighted by Crippen LogP contribution is -2.32. The minimum absolute atomic E-state index is 0.238. The first-order chi connectivity index (χ1) is 11.7. The first-order valence-electron chi connectivity index (χ1n) is 7.46. The van der Waals surface area contributed by atoms with E-state index in [1.807, 2.05) is 12.1 Å². The van der Waals surface area contributed by atoms with E-state index in [-0.39, 0.29) is 17.2 Å². The fourth-order valence-electron chi connectivity index (χ4n) is 2.09. The molecule has 1 N–H and O–H groups in total. The van der Waals surface area contributed by atoms with Crippen LogP contribution in [-0.4, -0.2) is 37.8 Å². The number of nitrogens with zero attached hydrogens (tertiary/aromatic N) is 1. The Morgan fingerprint density at radius 1 is 1.17 bits per heavy atom. The minimum Gasteiger partial charge on any atom is -0.497 e. The molecule has 0 spiro atoms. The Bertz CT molecular complexity index is 763. The van der Waals surface area contributed by atoms with Crippen molar-refractivity contribution in [1.29, 1.82) is 0 Å². The number of aromatic nitrogens is 1. The summed E-state index contributed by atoms with van der Waals surface area (Å²) in [7, 11) is 3.14. The SMILES string of the molecule is COCCNC(=O)C(=Cc1ccc(OC)cc1)n1ccccc1=O. The van der Waals surface area contributed by atoms with Gasteiger partial charge in [0.15, 0.2) is 0 Å². The summed E-state index contributed by atoms with van der Waals surface area (Å²) in [5, 5.41) is 2.74. The second-order valence-corrected chi connectivity index (χ2v) is 4.96. The summed E-state index contributed by atoms with van der Waals surface area (Å²) < 4.78 is 11.4. The van der Waals surface area contributed by atoms with Gasteiger partial charge in [0.1, 0.15) is 11.4 Å². The Balaban J connectivity index is 2.38. The molecule has 0 aliphatic carbocycles. The van der Waals surface area contributed by atoms with Crippen LogP contribution in [0.2, 0.25) is 0 Å². The van der Waals surface area contributed by atoms with Crippen molar-refractivity contribution in [3.05, 3.63) is 64.6 Å². The summed E-state index contributed by atoms with van der Waals surface area (Å²) in [6.45, 7) is 0.752. The van der Waals surface area contributed by atoms with Gasteiger partial charge in [-0.25, -0.2) is 0 Å². The van der Waals surface area contributed by atoms with Gasteiger partial charge >= 0.3 is 0 Å². The van der Waals surface area contributed by atoms with Gasteiger partial charge in [-0.3, -0.25) is 14.2 Å². The van der Waals surface area contributed by atoms with Crippen LogP contribution in [0.1, 0.15) is 5.56 Å². The predicted octanol–water partition coefficient (Wildman–Crippen LogP) is 1.62. The monoisotopic (exact) mass is 328 g/mol. The van der Waals surface area contributed by atoms with Crippen LogP contribution in [0.5, 0.6) is 5.75 Å². The highest BCUT2D eigenvalue weighted by atomic mass is 16.5. The van der Waals surface area contributed by atoms with Crippen molar-refractivity contribution in [1.82, 2.24) is 9.88 Å². The minimum atomic E-state index is -0.351. The molecule has 24 heavy (non-hydrogen) atoms. The van der Waals surface area contributed by atoms with Gasteiger partial charge in [-0.05, 0) is 29.8 Å². The van der Waals surface area contributed by atoms with E-state index in [0.29, 0.717) is 13.2 Å². The fourth-order valence-corrected chi connectivity index (χ4v) is 2.09. The Morgan fingerprint density at radius 2 is 1.92 bits per heavy atom. The summed E-state index contributed by atoms with van der Waals surface area (Å²) in [6.07, 6.45) is 3.22.